The summed E-state index contributed by atoms with van der Waals surface area (Å²) in [6.45, 7) is -0.370. The number of hydrogen-bond acceptors (Lipinski definition) is 11. The van der Waals surface area contributed by atoms with Crippen molar-refractivity contribution in [2.75, 3.05) is 6.61 Å². The summed E-state index contributed by atoms with van der Waals surface area (Å²) in [7, 11) is 0. The number of aliphatic hydroxyl groups excluding tert-OH is 3. The molecule has 0 unspecified atom stereocenters. The van der Waals surface area contributed by atoms with E-state index in [1.165, 1.54) is 6.07 Å². The number of benzene rings is 2. The second-order valence-electron chi connectivity index (χ2n) is 7.30. The van der Waals surface area contributed by atoms with Gasteiger partial charge in [-0.15, -0.1) is 0 Å². The first-order valence-corrected chi connectivity index (χ1v) is 9.27. The molecular formula is C20H20O11. The molecule has 0 radical (unpaired) electrons. The second kappa shape index (κ2) is 7.87. The highest BCUT2D eigenvalue weighted by molar-refractivity contribution is 6.05. The summed E-state index contributed by atoms with van der Waals surface area (Å²) < 4.78 is 16.6. The van der Waals surface area contributed by atoms with Crippen LogP contribution in [0.1, 0.15) is 22.0 Å². The predicted molar refractivity (Wildman–Crippen MR) is 99.9 cm³/mol. The molecule has 7 N–H and O–H groups in total. The van der Waals surface area contributed by atoms with Crippen LogP contribution in [0.2, 0.25) is 0 Å². The van der Waals surface area contributed by atoms with Crippen molar-refractivity contribution >= 4 is 5.78 Å². The molecule has 31 heavy (non-hydrogen) atoms. The molecule has 2 aromatic carbocycles. The zero-order valence-electron chi connectivity index (χ0n) is 15.8. The number of rotatable bonds is 3. The van der Waals surface area contributed by atoms with Crippen molar-refractivity contribution in [3.63, 3.8) is 0 Å². The number of phenolic OH excluding ortho intramolecular Hbond substituents is 4. The van der Waals surface area contributed by atoms with E-state index in [4.69, 9.17) is 14.2 Å². The lowest BCUT2D eigenvalue weighted by Gasteiger charge is -2.39. The summed E-state index contributed by atoms with van der Waals surface area (Å²) in [6.07, 6.45) is -8.95. The molecule has 4 rings (SSSR count). The highest BCUT2D eigenvalue weighted by Gasteiger charge is 2.46. The van der Waals surface area contributed by atoms with E-state index in [2.05, 4.69) is 0 Å². The van der Waals surface area contributed by atoms with Crippen LogP contribution in [0, 0.1) is 0 Å². The fraction of sp³-hybridized carbons (Fsp3) is 0.350. The van der Waals surface area contributed by atoms with Crippen LogP contribution in [-0.4, -0.2) is 78.8 Å². The summed E-state index contributed by atoms with van der Waals surface area (Å²) >= 11 is 0. The van der Waals surface area contributed by atoms with E-state index in [0.29, 0.717) is 0 Å². The fourth-order valence-electron chi connectivity index (χ4n) is 3.54. The van der Waals surface area contributed by atoms with Crippen molar-refractivity contribution in [1.82, 2.24) is 0 Å². The number of aliphatic hydroxyl groups is 3. The van der Waals surface area contributed by atoms with Gasteiger partial charge in [0.2, 0.25) is 5.78 Å². The zero-order valence-corrected chi connectivity index (χ0v) is 15.8. The van der Waals surface area contributed by atoms with Crippen molar-refractivity contribution in [2.24, 2.45) is 0 Å². The fourth-order valence-corrected chi connectivity index (χ4v) is 3.54. The van der Waals surface area contributed by atoms with E-state index >= 15 is 0 Å². The Bertz CT molecular complexity index is 1010. The van der Waals surface area contributed by atoms with Gasteiger partial charge in [0, 0.05) is 12.1 Å². The Morgan fingerprint density at radius 1 is 0.903 bits per heavy atom. The van der Waals surface area contributed by atoms with Crippen molar-refractivity contribution in [2.45, 2.75) is 36.8 Å². The Morgan fingerprint density at radius 2 is 1.65 bits per heavy atom. The van der Waals surface area contributed by atoms with Crippen molar-refractivity contribution < 1.29 is 54.8 Å². The topological polar surface area (TPSA) is 186 Å². The summed E-state index contributed by atoms with van der Waals surface area (Å²) in [6, 6.07) is 5.71. The molecule has 6 atom stereocenters. The standard InChI is InChI=1S/C20H20O11/c21-8-4-11(24)14-13(5-8)30-18(7-1-2-9(22)10(23)3-7)19(16(14)27)31-20-17(28)15(26)12(25)6-29-20/h1-5,12,15,17-26,28H,6H2/t12-,15-,17+,18-,19+,20+/m1/s1. The summed E-state index contributed by atoms with van der Waals surface area (Å²) in [5.74, 6) is -2.78. The number of carbonyl (C=O) groups excluding carboxylic acids is 1. The lowest BCUT2D eigenvalue weighted by molar-refractivity contribution is -0.283. The van der Waals surface area contributed by atoms with E-state index in [9.17, 15) is 40.5 Å². The van der Waals surface area contributed by atoms with E-state index in [-0.39, 0.29) is 29.2 Å². The minimum absolute atomic E-state index is 0.152. The summed E-state index contributed by atoms with van der Waals surface area (Å²) in [5.41, 5.74) is -0.0963. The maximum atomic E-state index is 13.2. The first-order valence-electron chi connectivity index (χ1n) is 9.27. The van der Waals surface area contributed by atoms with Crippen LogP contribution in [0.3, 0.4) is 0 Å². The van der Waals surface area contributed by atoms with Crippen molar-refractivity contribution in [3.8, 4) is 28.7 Å². The average molecular weight is 436 g/mol. The van der Waals surface area contributed by atoms with Gasteiger partial charge in [0.25, 0.3) is 0 Å². The van der Waals surface area contributed by atoms with E-state index in [0.717, 1.165) is 24.3 Å². The highest BCUT2D eigenvalue weighted by Crippen LogP contribution is 2.44. The van der Waals surface area contributed by atoms with Crippen LogP contribution in [0.5, 0.6) is 28.7 Å². The minimum atomic E-state index is -1.69. The maximum Gasteiger partial charge on any atom is 0.203 e. The molecule has 11 heteroatoms. The normalized spacial score (nSPS) is 30.5. The summed E-state index contributed by atoms with van der Waals surface area (Å²) in [4.78, 5) is 13.2. The number of phenols is 4. The molecule has 0 amide bonds. The van der Waals surface area contributed by atoms with Gasteiger partial charge in [-0.2, -0.15) is 0 Å². The van der Waals surface area contributed by atoms with Crippen LogP contribution >= 0.6 is 0 Å². The van der Waals surface area contributed by atoms with Crippen LogP contribution in [0.4, 0.5) is 0 Å². The van der Waals surface area contributed by atoms with E-state index in [1.807, 2.05) is 0 Å². The van der Waals surface area contributed by atoms with E-state index in [1.54, 1.807) is 0 Å². The highest BCUT2D eigenvalue weighted by atomic mass is 16.7. The molecular weight excluding hydrogens is 416 g/mol. The molecule has 2 aliphatic heterocycles. The Morgan fingerprint density at radius 3 is 2.35 bits per heavy atom. The maximum absolute atomic E-state index is 13.2. The van der Waals surface area contributed by atoms with Gasteiger partial charge in [0.1, 0.15) is 41.1 Å². The molecule has 1 fully saturated rings. The predicted octanol–water partition coefficient (Wildman–Crippen LogP) is -0.350. The molecule has 2 aromatic rings. The Kier molecular flexibility index (Phi) is 5.37. The molecule has 166 valence electrons. The average Bonchev–Trinajstić information content (AvgIpc) is 2.71. The van der Waals surface area contributed by atoms with Gasteiger partial charge in [-0.3, -0.25) is 4.79 Å². The number of ether oxygens (including phenoxy) is 3. The molecule has 0 saturated carbocycles. The first kappa shape index (κ1) is 21.2. The molecule has 0 aromatic heterocycles. The number of Topliss-reactive ketones (excluding diaryl/α,β-unsaturated/α-hetero) is 1. The van der Waals surface area contributed by atoms with Crippen LogP contribution in [0.25, 0.3) is 0 Å². The number of hydrogen-bond donors (Lipinski definition) is 7. The van der Waals surface area contributed by atoms with Gasteiger partial charge in [-0.25, -0.2) is 0 Å². The minimum Gasteiger partial charge on any atom is -0.508 e. The van der Waals surface area contributed by atoms with Crippen molar-refractivity contribution in [1.29, 1.82) is 0 Å². The quantitative estimate of drug-likeness (QED) is 0.312. The van der Waals surface area contributed by atoms with Crippen molar-refractivity contribution in [3.05, 3.63) is 41.5 Å². The van der Waals surface area contributed by atoms with Gasteiger partial charge in [-0.05, 0) is 17.7 Å². The number of carbonyl (C=O) groups is 1. The van der Waals surface area contributed by atoms with Gasteiger partial charge >= 0.3 is 0 Å². The second-order valence-corrected chi connectivity index (χ2v) is 7.30. The van der Waals surface area contributed by atoms with Gasteiger partial charge in [-0.1, -0.05) is 6.07 Å². The largest absolute Gasteiger partial charge is 0.508 e. The number of fused-ring (bicyclic) bond motifs is 1. The lowest BCUT2D eigenvalue weighted by Crippen LogP contribution is -2.56. The lowest BCUT2D eigenvalue weighted by atomic mass is 9.92. The van der Waals surface area contributed by atoms with Gasteiger partial charge in [0.15, 0.2) is 30.0 Å². The third kappa shape index (κ3) is 3.73. The van der Waals surface area contributed by atoms with Crippen LogP contribution in [0.15, 0.2) is 30.3 Å². The molecule has 2 aliphatic rings. The monoisotopic (exact) mass is 436 g/mol. The Labute approximate surface area is 174 Å². The van der Waals surface area contributed by atoms with Gasteiger partial charge in [0.05, 0.1) is 6.61 Å². The third-order valence-corrected chi connectivity index (χ3v) is 5.16. The molecule has 11 nitrogen and oxygen atoms in total. The molecule has 0 aliphatic carbocycles. The number of aromatic hydroxyl groups is 4. The van der Waals surface area contributed by atoms with Crippen LogP contribution in [-0.2, 0) is 9.47 Å². The zero-order chi connectivity index (χ0) is 22.4. The SMILES string of the molecule is O=C1c2c(O)cc(O)cc2O[C@H](c2ccc(O)c(O)c2)[C@H]1O[C@@H]1OC[C@@H](O)[C@@H](O)[C@@H]1O. The molecule has 1 saturated heterocycles. The van der Waals surface area contributed by atoms with Gasteiger partial charge < -0.3 is 50.0 Å². The smallest absolute Gasteiger partial charge is 0.203 e. The third-order valence-electron chi connectivity index (χ3n) is 5.16. The Balaban J connectivity index is 1.74. The Hall–Kier alpha value is -3.09. The van der Waals surface area contributed by atoms with Crippen LogP contribution < -0.4 is 4.74 Å². The first-order chi connectivity index (χ1) is 14.7. The molecule has 0 bridgehead atoms. The summed E-state index contributed by atoms with van der Waals surface area (Å²) in [5, 5.41) is 69.0. The molecule has 2 heterocycles. The molecule has 0 spiro atoms. The number of ketones is 1. The van der Waals surface area contributed by atoms with E-state index < -0.39 is 59.8 Å².